The third-order valence-corrected chi connectivity index (χ3v) is 6.39. The van der Waals surface area contributed by atoms with Gasteiger partial charge in [-0.1, -0.05) is 11.6 Å². The van der Waals surface area contributed by atoms with Crippen molar-refractivity contribution in [2.45, 2.75) is 6.92 Å². The van der Waals surface area contributed by atoms with Crippen molar-refractivity contribution in [3.8, 4) is 5.75 Å². The van der Waals surface area contributed by atoms with Gasteiger partial charge in [0.05, 0.1) is 30.2 Å². The van der Waals surface area contributed by atoms with Crippen LogP contribution in [0.15, 0.2) is 42.6 Å². The zero-order valence-corrected chi connectivity index (χ0v) is 19.9. The molecule has 9 heteroatoms. The van der Waals surface area contributed by atoms with Gasteiger partial charge in [-0.2, -0.15) is 4.98 Å². The second kappa shape index (κ2) is 8.83. The molecule has 2 aromatic carbocycles. The summed E-state index contributed by atoms with van der Waals surface area (Å²) in [7, 11) is 5.71. The molecule has 3 aromatic rings. The van der Waals surface area contributed by atoms with E-state index in [-0.39, 0.29) is 5.91 Å². The first-order valence-corrected chi connectivity index (χ1v) is 11.3. The average Bonchev–Trinajstić information content (AvgIpc) is 2.94. The Morgan fingerprint density at radius 1 is 1.06 bits per heavy atom. The molecule has 2 aliphatic heterocycles. The summed E-state index contributed by atoms with van der Waals surface area (Å²) in [5.74, 6) is 1.58. The quantitative estimate of drug-likeness (QED) is 0.612. The summed E-state index contributed by atoms with van der Waals surface area (Å²) in [6.07, 6.45) is 1.63. The van der Waals surface area contributed by atoms with Gasteiger partial charge >= 0.3 is 0 Å². The molecule has 1 amide bonds. The van der Waals surface area contributed by atoms with Crippen LogP contribution in [-0.2, 0) is 0 Å². The van der Waals surface area contributed by atoms with E-state index in [2.05, 4.69) is 38.5 Å². The molecular weight excluding hydrogens is 430 g/mol. The Kier molecular flexibility index (Phi) is 5.70. The van der Waals surface area contributed by atoms with Gasteiger partial charge in [-0.05, 0) is 38.2 Å². The van der Waals surface area contributed by atoms with Gasteiger partial charge in [-0.15, -0.1) is 0 Å². The van der Waals surface area contributed by atoms with E-state index in [0.29, 0.717) is 23.0 Å². The number of anilines is 6. The Hall–Kier alpha value is -3.85. The number of likely N-dealkylation sites (N-methyl/N-ethyl adjacent to an activating group) is 1. The minimum atomic E-state index is -0.172. The van der Waals surface area contributed by atoms with Crippen molar-refractivity contribution in [3.63, 3.8) is 0 Å². The lowest BCUT2D eigenvalue weighted by atomic mass is 10.1. The van der Waals surface area contributed by atoms with Crippen LogP contribution >= 0.6 is 0 Å². The van der Waals surface area contributed by atoms with Gasteiger partial charge in [0, 0.05) is 45.0 Å². The molecule has 0 radical (unpaired) electrons. The molecule has 5 rings (SSSR count). The van der Waals surface area contributed by atoms with E-state index < -0.39 is 0 Å². The molecule has 34 heavy (non-hydrogen) atoms. The maximum atomic E-state index is 12.8. The van der Waals surface area contributed by atoms with Gasteiger partial charge in [-0.3, -0.25) is 4.79 Å². The number of hydrogen-bond acceptors (Lipinski definition) is 8. The summed E-state index contributed by atoms with van der Waals surface area (Å²) in [5, 5.41) is 6.21. The van der Waals surface area contributed by atoms with Gasteiger partial charge < -0.3 is 30.1 Å². The van der Waals surface area contributed by atoms with Crippen molar-refractivity contribution in [2.75, 3.05) is 67.8 Å². The summed E-state index contributed by atoms with van der Waals surface area (Å²) < 4.78 is 5.67. The van der Waals surface area contributed by atoms with Crippen LogP contribution in [0.1, 0.15) is 15.9 Å². The Labute approximate surface area is 199 Å². The third kappa shape index (κ3) is 4.10. The lowest BCUT2D eigenvalue weighted by molar-refractivity contribution is 0.102. The van der Waals surface area contributed by atoms with Crippen LogP contribution < -0.4 is 25.2 Å². The summed E-state index contributed by atoms with van der Waals surface area (Å²) in [6, 6.07) is 11.9. The highest BCUT2D eigenvalue weighted by Crippen LogP contribution is 2.37. The molecule has 3 heterocycles. The fraction of sp³-hybridized carbons (Fsp3) is 0.320. The van der Waals surface area contributed by atoms with Crippen molar-refractivity contribution in [1.29, 1.82) is 0 Å². The van der Waals surface area contributed by atoms with Crippen LogP contribution in [0.3, 0.4) is 0 Å². The number of amides is 1. The molecule has 0 saturated carbocycles. The standard InChI is InChI=1S/C25H29N7O2/c1-16-5-8-21-18(13-16)24(33)27-20-15-26-25(29-23(20)31(21)3)28-19-7-6-17(14-22(19)34-4)32-11-9-30(2)10-12-32/h5-8,13-15H,9-12H2,1-4H3,(H,27,33)(H,26,28,29). The fourth-order valence-electron chi connectivity index (χ4n) is 4.37. The van der Waals surface area contributed by atoms with Crippen molar-refractivity contribution in [3.05, 3.63) is 53.7 Å². The molecule has 2 N–H and O–H groups in total. The molecule has 0 bridgehead atoms. The summed E-state index contributed by atoms with van der Waals surface area (Å²) in [4.78, 5) is 28.5. The van der Waals surface area contributed by atoms with Crippen molar-refractivity contribution >= 4 is 40.4 Å². The number of ether oxygens (including phenoxy) is 1. The molecule has 0 spiro atoms. The van der Waals surface area contributed by atoms with E-state index in [1.807, 2.05) is 49.2 Å². The number of hydrogen-bond donors (Lipinski definition) is 2. The van der Waals surface area contributed by atoms with E-state index in [0.717, 1.165) is 54.6 Å². The number of methoxy groups -OCH3 is 1. The Morgan fingerprint density at radius 3 is 2.62 bits per heavy atom. The number of carbonyl (C=O) groups is 1. The topological polar surface area (TPSA) is 85.9 Å². The molecule has 0 aliphatic carbocycles. The molecule has 1 aromatic heterocycles. The monoisotopic (exact) mass is 459 g/mol. The maximum absolute atomic E-state index is 12.8. The molecule has 0 unspecified atom stereocenters. The van der Waals surface area contributed by atoms with Gasteiger partial charge in [0.2, 0.25) is 5.95 Å². The summed E-state index contributed by atoms with van der Waals surface area (Å²) in [5.41, 5.74) is 4.89. The second-order valence-corrected chi connectivity index (χ2v) is 8.76. The van der Waals surface area contributed by atoms with E-state index in [9.17, 15) is 4.79 Å². The lowest BCUT2D eigenvalue weighted by Gasteiger charge is -2.34. The Balaban J connectivity index is 1.43. The van der Waals surface area contributed by atoms with E-state index in [1.54, 1.807) is 13.3 Å². The zero-order chi connectivity index (χ0) is 23.8. The fourth-order valence-corrected chi connectivity index (χ4v) is 4.37. The van der Waals surface area contributed by atoms with Crippen molar-refractivity contribution in [2.24, 2.45) is 0 Å². The number of nitrogens with zero attached hydrogens (tertiary/aromatic N) is 5. The molecular formula is C25H29N7O2. The van der Waals surface area contributed by atoms with Gasteiger partial charge in [0.15, 0.2) is 5.82 Å². The highest BCUT2D eigenvalue weighted by Gasteiger charge is 2.25. The molecule has 1 saturated heterocycles. The first-order chi connectivity index (χ1) is 16.4. The van der Waals surface area contributed by atoms with E-state index in [1.165, 1.54) is 0 Å². The number of aryl methyl sites for hydroxylation is 1. The van der Waals surface area contributed by atoms with Crippen molar-refractivity contribution in [1.82, 2.24) is 14.9 Å². The largest absolute Gasteiger partial charge is 0.494 e. The number of fused-ring (bicyclic) bond motifs is 2. The minimum Gasteiger partial charge on any atom is -0.494 e. The first-order valence-electron chi connectivity index (χ1n) is 11.3. The number of benzene rings is 2. The third-order valence-electron chi connectivity index (χ3n) is 6.39. The normalized spacial score (nSPS) is 15.8. The lowest BCUT2D eigenvalue weighted by Crippen LogP contribution is -2.44. The Bertz CT molecular complexity index is 1240. The highest BCUT2D eigenvalue weighted by atomic mass is 16.5. The van der Waals surface area contributed by atoms with Crippen molar-refractivity contribution < 1.29 is 9.53 Å². The smallest absolute Gasteiger partial charge is 0.257 e. The van der Waals surface area contributed by atoms with Crippen LogP contribution in [0, 0.1) is 6.92 Å². The minimum absolute atomic E-state index is 0.172. The molecule has 0 atom stereocenters. The number of piperazine rings is 1. The number of carbonyl (C=O) groups excluding carboxylic acids is 1. The Morgan fingerprint density at radius 2 is 1.85 bits per heavy atom. The number of aromatic nitrogens is 2. The molecule has 9 nitrogen and oxygen atoms in total. The first kappa shape index (κ1) is 22.0. The van der Waals surface area contributed by atoms with Crippen LogP contribution in [-0.4, -0.2) is 68.2 Å². The predicted molar refractivity (Wildman–Crippen MR) is 135 cm³/mol. The average molecular weight is 460 g/mol. The van der Waals surface area contributed by atoms with Crippen LogP contribution in [0.5, 0.6) is 5.75 Å². The summed E-state index contributed by atoms with van der Waals surface area (Å²) >= 11 is 0. The maximum Gasteiger partial charge on any atom is 0.257 e. The zero-order valence-electron chi connectivity index (χ0n) is 19.9. The second-order valence-electron chi connectivity index (χ2n) is 8.76. The van der Waals surface area contributed by atoms with Crippen LogP contribution in [0.2, 0.25) is 0 Å². The predicted octanol–water partition coefficient (Wildman–Crippen LogP) is 3.62. The van der Waals surface area contributed by atoms with E-state index >= 15 is 0 Å². The van der Waals surface area contributed by atoms with Crippen LogP contribution in [0.4, 0.5) is 34.5 Å². The van der Waals surface area contributed by atoms with Gasteiger partial charge in [0.1, 0.15) is 11.4 Å². The molecule has 2 aliphatic rings. The van der Waals surface area contributed by atoms with Crippen LogP contribution in [0.25, 0.3) is 0 Å². The summed E-state index contributed by atoms with van der Waals surface area (Å²) in [6.45, 7) is 6.02. The SMILES string of the molecule is COc1cc(N2CCN(C)CC2)ccc1Nc1ncc2c(n1)N(C)c1ccc(C)cc1C(=O)N2. The molecule has 1 fully saturated rings. The number of rotatable bonds is 4. The molecule has 176 valence electrons. The number of nitrogens with one attached hydrogen (secondary N) is 2. The van der Waals surface area contributed by atoms with Gasteiger partial charge in [-0.25, -0.2) is 4.98 Å². The van der Waals surface area contributed by atoms with E-state index in [4.69, 9.17) is 9.72 Å². The highest BCUT2D eigenvalue weighted by molar-refractivity contribution is 6.12. The van der Waals surface area contributed by atoms with Gasteiger partial charge in [0.25, 0.3) is 5.91 Å².